The van der Waals surface area contributed by atoms with Crippen LogP contribution in [0.4, 0.5) is 0 Å². The summed E-state index contributed by atoms with van der Waals surface area (Å²) in [5.41, 5.74) is 9.12. The fourth-order valence-electron chi connectivity index (χ4n) is 8.50. The molecular formula is C69H55Cl4N9O11. The molecule has 0 unspecified atom stereocenters. The van der Waals surface area contributed by atoms with Crippen LogP contribution in [0.2, 0.25) is 20.1 Å². The van der Waals surface area contributed by atoms with Crippen molar-refractivity contribution >= 4 is 64.3 Å². The van der Waals surface area contributed by atoms with E-state index in [2.05, 4.69) is 41.1 Å². The van der Waals surface area contributed by atoms with Gasteiger partial charge in [-0.05, 0) is 173 Å². The molecular weight excluding hydrogens is 1270 g/mol. The second kappa shape index (κ2) is 32.6. The molecule has 0 bridgehead atoms. The van der Waals surface area contributed by atoms with Crippen molar-refractivity contribution in [3.8, 4) is 90.9 Å². The molecule has 93 heavy (non-hydrogen) atoms. The molecule has 0 spiro atoms. The monoisotopic (exact) mass is 1330 g/mol. The summed E-state index contributed by atoms with van der Waals surface area (Å²) in [5.74, 6) is 0.449. The maximum absolute atomic E-state index is 12.4. The predicted molar refractivity (Wildman–Crippen MR) is 353 cm³/mol. The van der Waals surface area contributed by atoms with Crippen LogP contribution in [0.25, 0.3) is 44.5 Å². The summed E-state index contributed by atoms with van der Waals surface area (Å²) in [5, 5.41) is 48.1. The van der Waals surface area contributed by atoms with Crippen LogP contribution >= 0.6 is 46.4 Å². The number of nitrogens with one attached hydrogen (secondary N) is 2. The Labute approximate surface area is 552 Å². The van der Waals surface area contributed by atoms with Gasteiger partial charge in [0.1, 0.15) is 28.7 Å². The number of H-pyrrole nitrogens is 2. The van der Waals surface area contributed by atoms with E-state index >= 15 is 0 Å². The lowest BCUT2D eigenvalue weighted by Crippen LogP contribution is -2.09. The molecule has 3 heterocycles. The summed E-state index contributed by atoms with van der Waals surface area (Å²) in [6.45, 7) is 4.29. The Morgan fingerprint density at radius 1 is 0.430 bits per heavy atom. The highest BCUT2D eigenvalue weighted by Gasteiger charge is 2.24. The van der Waals surface area contributed by atoms with Gasteiger partial charge in [-0.25, -0.2) is 29.3 Å². The fourth-order valence-corrected chi connectivity index (χ4v) is 9.00. The molecule has 0 saturated heterocycles. The normalized spacial score (nSPS) is 10.4. The van der Waals surface area contributed by atoms with Gasteiger partial charge in [0.2, 0.25) is 17.1 Å². The van der Waals surface area contributed by atoms with Crippen LogP contribution in [0.5, 0.6) is 46.4 Å². The second-order valence-electron chi connectivity index (χ2n) is 19.4. The number of aromatic amines is 2. The third kappa shape index (κ3) is 18.8. The quantitative estimate of drug-likeness (QED) is 0.0582. The van der Waals surface area contributed by atoms with Gasteiger partial charge >= 0.3 is 17.9 Å². The number of aromatic nitrogens is 9. The molecule has 0 atom stereocenters. The van der Waals surface area contributed by atoms with Crippen LogP contribution in [0.15, 0.2) is 218 Å². The van der Waals surface area contributed by atoms with Crippen LogP contribution in [-0.2, 0) is 16.0 Å². The summed E-state index contributed by atoms with van der Waals surface area (Å²) in [6, 6.07) is 66.9. The highest BCUT2D eigenvalue weighted by Crippen LogP contribution is 2.32. The molecule has 0 aliphatic carbocycles. The van der Waals surface area contributed by atoms with Gasteiger partial charge in [-0.2, -0.15) is 0 Å². The molecule has 20 nitrogen and oxygen atoms in total. The molecule has 0 saturated carbocycles. The van der Waals surface area contributed by atoms with Crippen molar-refractivity contribution in [3.63, 3.8) is 0 Å². The van der Waals surface area contributed by atoms with E-state index < -0.39 is 17.9 Å². The van der Waals surface area contributed by atoms with Crippen molar-refractivity contribution in [2.24, 2.45) is 0 Å². The Balaban J connectivity index is 0.000000152. The zero-order valence-corrected chi connectivity index (χ0v) is 52.6. The number of phenols is 1. The molecule has 0 aliphatic rings. The first kappa shape index (κ1) is 66.4. The van der Waals surface area contributed by atoms with Crippen molar-refractivity contribution < 1.29 is 53.0 Å². The number of carbonyl (C=O) groups is 3. The van der Waals surface area contributed by atoms with Crippen molar-refractivity contribution in [1.29, 1.82) is 0 Å². The number of esters is 2. The molecule has 12 rings (SSSR count). The van der Waals surface area contributed by atoms with E-state index in [1.54, 1.807) is 57.4 Å². The third-order valence-corrected chi connectivity index (χ3v) is 14.2. The summed E-state index contributed by atoms with van der Waals surface area (Å²) in [6.07, 6.45) is 0. The first-order valence-electron chi connectivity index (χ1n) is 28.3. The first-order chi connectivity index (χ1) is 45.1. The van der Waals surface area contributed by atoms with Gasteiger partial charge in [0.15, 0.2) is 0 Å². The average Bonchev–Trinajstić information content (AvgIpc) is 1.96. The number of carboxylic acid groups (broad SMARTS) is 1. The number of carbonyl (C=O) groups excluding carboxylic acids is 2. The number of nitrogens with zero attached hydrogens (tertiary/aromatic N) is 7. The number of hydrogen-bond acceptors (Lipinski definition) is 16. The van der Waals surface area contributed by atoms with Gasteiger partial charge in [-0.3, -0.25) is 0 Å². The van der Waals surface area contributed by atoms with Gasteiger partial charge in [0.05, 0.1) is 26.9 Å². The van der Waals surface area contributed by atoms with Crippen molar-refractivity contribution in [2.45, 2.75) is 20.4 Å². The first-order valence-corrected chi connectivity index (χ1v) is 29.8. The lowest BCUT2D eigenvalue weighted by Gasteiger charge is -2.11. The van der Waals surface area contributed by atoms with Gasteiger partial charge in [0, 0.05) is 20.1 Å². The van der Waals surface area contributed by atoms with E-state index in [0.717, 1.165) is 60.8 Å². The maximum atomic E-state index is 12.4. The van der Waals surface area contributed by atoms with Crippen LogP contribution in [0.1, 0.15) is 50.9 Å². The van der Waals surface area contributed by atoms with Gasteiger partial charge in [-0.1, -0.05) is 181 Å². The number of benzene rings is 9. The second-order valence-corrected chi connectivity index (χ2v) is 21.2. The Morgan fingerprint density at radius 2 is 0.763 bits per heavy atom. The minimum Gasteiger partial charge on any atom is -0.508 e. The van der Waals surface area contributed by atoms with E-state index in [4.69, 9.17) is 85.0 Å². The number of rotatable bonds is 18. The van der Waals surface area contributed by atoms with Crippen LogP contribution in [0, 0.1) is 0 Å². The molecule has 0 radical (unpaired) electrons. The summed E-state index contributed by atoms with van der Waals surface area (Å²) >= 11 is 23.5. The van der Waals surface area contributed by atoms with Gasteiger partial charge in [-0.15, -0.1) is 5.10 Å². The topological polar surface area (TPSA) is 261 Å². The van der Waals surface area contributed by atoms with Crippen LogP contribution in [0.3, 0.4) is 0 Å². The molecule has 4 N–H and O–H groups in total. The average molecular weight is 1330 g/mol. The number of hydrogen-bond donors (Lipinski definition) is 4. The Hall–Kier alpha value is -11.0. The van der Waals surface area contributed by atoms with E-state index in [-0.39, 0.29) is 53.7 Å². The molecule has 0 fully saturated rings. The highest BCUT2D eigenvalue weighted by molar-refractivity contribution is 6.31. The Bertz CT molecular complexity index is 4320. The molecule has 12 aromatic rings. The summed E-state index contributed by atoms with van der Waals surface area (Å²) in [7, 11) is 1.61. The van der Waals surface area contributed by atoms with E-state index in [1.165, 1.54) is 4.68 Å². The predicted octanol–water partition coefficient (Wildman–Crippen LogP) is 17.0. The molecule has 0 amide bonds. The number of methoxy groups -OCH3 is 1. The number of aromatic carboxylic acids is 1. The Morgan fingerprint density at radius 3 is 1.14 bits per heavy atom. The standard InChI is InChI=1S/C25H22ClN3O4.C17H14ClN3O3.C15H10ClN3O3.C12H9ClO/c1-3-32-25(30)23-24(29(28-27-23)16-17-4-12-21(31-2)13-5-17)33-22-14-8-19(9-15-22)18-6-10-20(26)11-7-18;1-2-23-17(22)15-16(20-21-19-15)24-14-9-5-12(6-10-14)11-3-7-13(18)8-4-11;16-11-5-1-9(2-6-11)10-3-7-12(8-4-10)22-14-13(15(20)21)17-19-18-14;13-11-5-1-9(2-6-11)10-3-7-12(14)8-4-10/h4-15H,3,16H2,1-2H3;3-10H,2H2,1H3,(H,19,20,21);1-8H,(H,20,21)(H,17,18,19);1-8,14H. The van der Waals surface area contributed by atoms with Crippen LogP contribution < -0.4 is 18.9 Å². The largest absolute Gasteiger partial charge is 0.508 e. The third-order valence-electron chi connectivity index (χ3n) is 13.2. The number of halogens is 4. The number of carboxylic acids is 1. The summed E-state index contributed by atoms with van der Waals surface area (Å²) in [4.78, 5) is 35.1. The number of ether oxygens (including phenoxy) is 6. The van der Waals surface area contributed by atoms with E-state index in [1.807, 2.05) is 182 Å². The zero-order valence-electron chi connectivity index (χ0n) is 49.6. The minimum absolute atomic E-state index is 0.0205. The fraction of sp³-hybridized carbons (Fsp3) is 0.0870. The Kier molecular flexibility index (Phi) is 23.3. The van der Waals surface area contributed by atoms with Crippen LogP contribution in [-0.4, -0.2) is 94.3 Å². The van der Waals surface area contributed by atoms with Crippen molar-refractivity contribution in [1.82, 2.24) is 45.8 Å². The number of aromatic hydroxyl groups is 1. The summed E-state index contributed by atoms with van der Waals surface area (Å²) < 4.78 is 33.8. The maximum Gasteiger partial charge on any atom is 0.364 e. The zero-order chi connectivity index (χ0) is 65.6. The van der Waals surface area contributed by atoms with E-state index in [9.17, 15) is 14.4 Å². The highest BCUT2D eigenvalue weighted by atomic mass is 35.5. The molecule has 470 valence electrons. The lowest BCUT2D eigenvalue weighted by molar-refractivity contribution is 0.0506. The van der Waals surface area contributed by atoms with Crippen molar-refractivity contribution in [3.05, 3.63) is 261 Å². The SMILES string of the molecule is CCOC(=O)c1[nH]nnc1Oc1ccc(-c2ccc(Cl)cc2)cc1.CCOC(=O)c1nnn(Cc2ccc(OC)cc2)c1Oc1ccc(-c2ccc(Cl)cc2)cc1.O=C(O)c1[nH]nnc1Oc1ccc(-c2ccc(Cl)cc2)cc1.Oc1ccc(-c2ccc(Cl)cc2)cc1. The molecule has 0 aliphatic heterocycles. The molecule has 3 aromatic heterocycles. The number of phenolic OH excluding ortho intramolecular Hbond substituents is 1. The minimum atomic E-state index is -1.18. The smallest absolute Gasteiger partial charge is 0.364 e. The van der Waals surface area contributed by atoms with Gasteiger partial charge in [0.25, 0.3) is 17.6 Å². The van der Waals surface area contributed by atoms with Crippen molar-refractivity contribution in [2.75, 3.05) is 20.3 Å². The molecule has 9 aromatic carbocycles. The molecule has 24 heteroatoms. The van der Waals surface area contributed by atoms with Gasteiger partial charge < -0.3 is 38.6 Å². The van der Waals surface area contributed by atoms with E-state index in [0.29, 0.717) is 38.9 Å². The lowest BCUT2D eigenvalue weighted by atomic mass is 10.1.